The molecule has 10 heteroatoms. The normalized spacial score (nSPS) is 15.6. The minimum absolute atomic E-state index is 0.0711. The first-order valence-corrected chi connectivity index (χ1v) is 12.5. The number of methoxy groups -OCH3 is 1. The van der Waals surface area contributed by atoms with Gasteiger partial charge >= 0.3 is 6.36 Å². The summed E-state index contributed by atoms with van der Waals surface area (Å²) in [6, 6.07) is 17.3. The van der Waals surface area contributed by atoms with Crippen molar-refractivity contribution in [1.82, 2.24) is 0 Å². The molecule has 2 N–H and O–H groups in total. The molecule has 0 fully saturated rings. The van der Waals surface area contributed by atoms with E-state index >= 15 is 0 Å². The van der Waals surface area contributed by atoms with Gasteiger partial charge in [-0.25, -0.2) is 0 Å². The number of thioether (sulfide) groups is 1. The van der Waals surface area contributed by atoms with Gasteiger partial charge < -0.3 is 20.1 Å². The van der Waals surface area contributed by atoms with Gasteiger partial charge in [-0.3, -0.25) is 9.59 Å². The van der Waals surface area contributed by atoms with Gasteiger partial charge in [-0.15, -0.1) is 24.9 Å². The molecule has 37 heavy (non-hydrogen) atoms. The summed E-state index contributed by atoms with van der Waals surface area (Å²) in [6.07, 6.45) is -3.96. The van der Waals surface area contributed by atoms with Crippen molar-refractivity contribution in [3.05, 3.63) is 83.4 Å². The molecule has 0 saturated carbocycles. The molecule has 1 aliphatic rings. The number of nitrogens with two attached hydrogens (primary N) is 1. The molecule has 3 aromatic carbocycles. The number of amides is 1. The smallest absolute Gasteiger partial charge is 0.497 e. The van der Waals surface area contributed by atoms with Gasteiger partial charge in [0.2, 0.25) is 5.91 Å². The van der Waals surface area contributed by atoms with Crippen molar-refractivity contribution >= 4 is 29.1 Å². The van der Waals surface area contributed by atoms with E-state index in [-0.39, 0.29) is 30.4 Å². The molecular weight excluding hydrogens is 505 g/mol. The summed E-state index contributed by atoms with van der Waals surface area (Å²) in [4.78, 5) is 28.4. The number of rotatable bonds is 8. The Morgan fingerprint density at radius 2 is 1.68 bits per heavy atom. The van der Waals surface area contributed by atoms with E-state index in [9.17, 15) is 22.8 Å². The number of halogens is 3. The van der Waals surface area contributed by atoms with Crippen molar-refractivity contribution in [2.75, 3.05) is 17.8 Å². The molecule has 4 rings (SSSR count). The maximum atomic E-state index is 13.1. The van der Waals surface area contributed by atoms with Crippen molar-refractivity contribution < 1.29 is 32.2 Å². The summed E-state index contributed by atoms with van der Waals surface area (Å²) in [5.74, 6) is 0.355. The number of carbonyl (C=O) groups excluding carboxylic acids is 2. The lowest BCUT2D eigenvalue weighted by Gasteiger charge is -2.25. The Kier molecular flexibility index (Phi) is 8.09. The second-order valence-corrected chi connectivity index (χ2v) is 9.55. The standard InChI is InChI=1S/C27H25F3N2O4S/c1-35-20-8-2-17(3-9-20)6-12-24(33)19-7-13-25-23(14-19)32(26(34)22(31)16-37-25)15-18-4-10-21(11-5-18)36-27(28,29)30/h2-5,7-11,13-14,22H,6,12,15-16,31H2,1H3/t22-/m0/s1. The predicted octanol–water partition coefficient (Wildman–Crippen LogP) is 5.38. The van der Waals surface area contributed by atoms with Gasteiger partial charge in [-0.2, -0.15) is 0 Å². The predicted molar refractivity (Wildman–Crippen MR) is 135 cm³/mol. The number of carbonyl (C=O) groups is 2. The molecular formula is C27H25F3N2O4S. The van der Waals surface area contributed by atoms with E-state index < -0.39 is 12.4 Å². The van der Waals surface area contributed by atoms with Gasteiger partial charge in [0.25, 0.3) is 0 Å². The number of benzene rings is 3. The summed E-state index contributed by atoms with van der Waals surface area (Å²) in [5.41, 5.74) is 8.70. The molecule has 3 aromatic rings. The van der Waals surface area contributed by atoms with Gasteiger partial charge in [0, 0.05) is 22.6 Å². The fraction of sp³-hybridized carbons (Fsp3) is 0.259. The monoisotopic (exact) mass is 530 g/mol. The Morgan fingerprint density at radius 3 is 2.32 bits per heavy atom. The van der Waals surface area contributed by atoms with Crippen LogP contribution in [0.15, 0.2) is 71.6 Å². The zero-order valence-corrected chi connectivity index (χ0v) is 20.8. The molecule has 1 heterocycles. The lowest BCUT2D eigenvalue weighted by molar-refractivity contribution is -0.274. The number of alkyl halides is 3. The Balaban J connectivity index is 1.54. The van der Waals surface area contributed by atoms with Crippen molar-refractivity contribution in [2.24, 2.45) is 5.73 Å². The fourth-order valence-corrected chi connectivity index (χ4v) is 4.91. The summed E-state index contributed by atoms with van der Waals surface area (Å²) in [6.45, 7) is 0.0792. The van der Waals surface area contributed by atoms with Crippen molar-refractivity contribution in [2.45, 2.75) is 36.7 Å². The second kappa shape index (κ2) is 11.3. The molecule has 1 atom stereocenters. The van der Waals surface area contributed by atoms with E-state index in [0.29, 0.717) is 29.0 Å². The zero-order chi connectivity index (χ0) is 26.6. The van der Waals surface area contributed by atoms with Gasteiger partial charge in [-0.1, -0.05) is 30.3 Å². The Hall–Kier alpha value is -3.50. The Morgan fingerprint density at radius 1 is 1.03 bits per heavy atom. The third-order valence-corrected chi connectivity index (χ3v) is 7.05. The van der Waals surface area contributed by atoms with Crippen LogP contribution in [0, 0.1) is 0 Å². The van der Waals surface area contributed by atoms with Gasteiger partial charge in [0.05, 0.1) is 25.4 Å². The number of hydrogen-bond donors (Lipinski definition) is 1. The van der Waals surface area contributed by atoms with E-state index in [2.05, 4.69) is 4.74 Å². The zero-order valence-electron chi connectivity index (χ0n) is 20.0. The van der Waals surface area contributed by atoms with Gasteiger partial charge in [-0.05, 0) is 53.9 Å². The van der Waals surface area contributed by atoms with Crippen LogP contribution in [0.3, 0.4) is 0 Å². The van der Waals surface area contributed by atoms with Crippen LogP contribution < -0.4 is 20.1 Å². The van der Waals surface area contributed by atoms with Crippen molar-refractivity contribution in [3.8, 4) is 11.5 Å². The number of nitrogens with zero attached hydrogens (tertiary/aromatic N) is 1. The molecule has 194 valence electrons. The average Bonchev–Trinajstić information content (AvgIpc) is 2.99. The van der Waals surface area contributed by atoms with E-state index in [1.54, 1.807) is 25.3 Å². The Bertz CT molecular complexity index is 1260. The minimum atomic E-state index is -4.79. The van der Waals surface area contributed by atoms with E-state index in [0.717, 1.165) is 16.2 Å². The van der Waals surface area contributed by atoms with Crippen LogP contribution in [0.4, 0.5) is 18.9 Å². The third kappa shape index (κ3) is 6.84. The summed E-state index contributed by atoms with van der Waals surface area (Å²) in [7, 11) is 1.59. The molecule has 0 radical (unpaired) electrons. The lowest BCUT2D eigenvalue weighted by Crippen LogP contribution is -2.44. The molecule has 0 bridgehead atoms. The van der Waals surface area contributed by atoms with Crippen molar-refractivity contribution in [3.63, 3.8) is 0 Å². The van der Waals surface area contributed by atoms with E-state index in [1.807, 2.05) is 24.3 Å². The third-order valence-electron chi connectivity index (χ3n) is 5.87. The molecule has 0 aliphatic carbocycles. The molecule has 1 amide bonds. The quantitative estimate of drug-likeness (QED) is 0.394. The first-order valence-electron chi connectivity index (χ1n) is 11.5. The molecule has 6 nitrogen and oxygen atoms in total. The molecule has 0 aromatic heterocycles. The summed E-state index contributed by atoms with van der Waals surface area (Å²) < 4.78 is 46.5. The van der Waals surface area contributed by atoms with Crippen molar-refractivity contribution in [1.29, 1.82) is 0 Å². The maximum Gasteiger partial charge on any atom is 0.573 e. The molecule has 0 unspecified atom stereocenters. The minimum Gasteiger partial charge on any atom is -0.497 e. The summed E-state index contributed by atoms with van der Waals surface area (Å²) in [5, 5.41) is 0. The second-order valence-electron chi connectivity index (χ2n) is 8.49. The maximum absolute atomic E-state index is 13.1. The first-order chi connectivity index (χ1) is 17.6. The number of aryl methyl sites for hydroxylation is 1. The van der Waals surface area contributed by atoms with Crippen LogP contribution in [0.25, 0.3) is 0 Å². The number of fused-ring (bicyclic) bond motifs is 1. The van der Waals surface area contributed by atoms with E-state index in [1.165, 1.54) is 40.9 Å². The Labute approximate surface area is 216 Å². The highest BCUT2D eigenvalue weighted by atomic mass is 32.2. The fourth-order valence-electron chi connectivity index (χ4n) is 3.93. The van der Waals surface area contributed by atoms with Crippen LogP contribution in [-0.4, -0.2) is 37.0 Å². The van der Waals surface area contributed by atoms with Crippen LogP contribution in [0.1, 0.15) is 27.9 Å². The van der Waals surface area contributed by atoms with Crippen LogP contribution in [-0.2, 0) is 17.8 Å². The number of ketones is 1. The molecule has 1 aliphatic heterocycles. The lowest BCUT2D eigenvalue weighted by atomic mass is 10.0. The highest BCUT2D eigenvalue weighted by Gasteiger charge is 2.32. The largest absolute Gasteiger partial charge is 0.573 e. The number of ether oxygens (including phenoxy) is 2. The van der Waals surface area contributed by atoms with E-state index in [4.69, 9.17) is 10.5 Å². The summed E-state index contributed by atoms with van der Waals surface area (Å²) >= 11 is 1.42. The highest BCUT2D eigenvalue weighted by molar-refractivity contribution is 7.99. The SMILES string of the molecule is COc1ccc(CCC(=O)c2ccc3c(c2)N(Cc2ccc(OC(F)(F)F)cc2)C(=O)[C@@H](N)CS3)cc1. The van der Waals surface area contributed by atoms with Crippen LogP contribution in [0.2, 0.25) is 0 Å². The highest BCUT2D eigenvalue weighted by Crippen LogP contribution is 2.36. The van der Waals surface area contributed by atoms with Crippen LogP contribution >= 0.6 is 11.8 Å². The van der Waals surface area contributed by atoms with Gasteiger partial charge in [0.15, 0.2) is 5.78 Å². The average molecular weight is 531 g/mol. The number of Topliss-reactive ketones (excluding diaryl/α,β-unsaturated/α-hetero) is 1. The number of hydrogen-bond acceptors (Lipinski definition) is 6. The van der Waals surface area contributed by atoms with Gasteiger partial charge in [0.1, 0.15) is 11.5 Å². The number of anilines is 1. The molecule has 0 spiro atoms. The topological polar surface area (TPSA) is 81.9 Å². The first kappa shape index (κ1) is 26.6. The van der Waals surface area contributed by atoms with Crippen LogP contribution in [0.5, 0.6) is 11.5 Å². The molecule has 0 saturated heterocycles.